The lowest BCUT2D eigenvalue weighted by Crippen LogP contribution is -2.30. The number of aryl methyl sites for hydroxylation is 1. The van der Waals surface area contributed by atoms with Gasteiger partial charge in [0.25, 0.3) is 11.5 Å². The molecule has 6 heteroatoms. The van der Waals surface area contributed by atoms with Crippen molar-refractivity contribution < 1.29 is 9.53 Å². The molecule has 0 saturated heterocycles. The average molecular weight is 329 g/mol. The Morgan fingerprint density at radius 2 is 1.96 bits per heavy atom. The number of para-hydroxylation sites is 1. The molecule has 6 nitrogen and oxygen atoms in total. The van der Waals surface area contributed by atoms with Gasteiger partial charge in [-0.15, -0.1) is 0 Å². The Hall–Kier alpha value is -2.63. The van der Waals surface area contributed by atoms with Gasteiger partial charge in [-0.1, -0.05) is 31.5 Å². The van der Waals surface area contributed by atoms with Gasteiger partial charge in [0.2, 0.25) is 0 Å². The Morgan fingerprint density at radius 3 is 2.71 bits per heavy atom. The summed E-state index contributed by atoms with van der Waals surface area (Å²) >= 11 is 0. The summed E-state index contributed by atoms with van der Waals surface area (Å²) in [6, 6.07) is 12.4. The molecule has 0 aliphatic carbocycles. The molecule has 128 valence electrons. The van der Waals surface area contributed by atoms with Crippen LogP contribution >= 0.6 is 0 Å². The third-order valence-corrected chi connectivity index (χ3v) is 3.44. The van der Waals surface area contributed by atoms with Crippen LogP contribution in [0.25, 0.3) is 0 Å². The second kappa shape index (κ2) is 9.50. The van der Waals surface area contributed by atoms with Crippen LogP contribution in [0.3, 0.4) is 0 Å². The van der Waals surface area contributed by atoms with Gasteiger partial charge in [-0.25, -0.2) is 4.68 Å². The largest absolute Gasteiger partial charge is 0.494 e. The first kappa shape index (κ1) is 17.7. The number of nitrogens with one attached hydrogen (secondary N) is 1. The minimum atomic E-state index is -0.278. The monoisotopic (exact) mass is 329 g/mol. The highest BCUT2D eigenvalue weighted by molar-refractivity contribution is 5.91. The molecule has 0 aliphatic rings. The Balaban J connectivity index is 1.77. The molecule has 1 heterocycles. The summed E-state index contributed by atoms with van der Waals surface area (Å²) in [4.78, 5) is 23.8. The molecular weight excluding hydrogens is 306 g/mol. The minimum Gasteiger partial charge on any atom is -0.494 e. The van der Waals surface area contributed by atoms with Crippen LogP contribution in [0.5, 0.6) is 5.75 Å². The highest BCUT2D eigenvalue weighted by Crippen LogP contribution is 2.08. The normalized spacial score (nSPS) is 10.4. The van der Waals surface area contributed by atoms with Gasteiger partial charge in [0, 0.05) is 19.2 Å². The third kappa shape index (κ3) is 5.53. The van der Waals surface area contributed by atoms with Crippen molar-refractivity contribution in [2.75, 3.05) is 13.2 Å². The van der Waals surface area contributed by atoms with Crippen LogP contribution in [0.15, 0.2) is 47.3 Å². The molecule has 1 N–H and O–H groups in total. The molecule has 1 aromatic heterocycles. The summed E-state index contributed by atoms with van der Waals surface area (Å²) in [5.41, 5.74) is 0.0749. The summed E-state index contributed by atoms with van der Waals surface area (Å²) in [6.45, 7) is 3.58. The lowest BCUT2D eigenvalue weighted by atomic mass is 10.3. The van der Waals surface area contributed by atoms with Gasteiger partial charge in [-0.2, -0.15) is 5.10 Å². The second-order valence-electron chi connectivity index (χ2n) is 5.40. The van der Waals surface area contributed by atoms with Gasteiger partial charge in [0.05, 0.1) is 6.61 Å². The van der Waals surface area contributed by atoms with Crippen molar-refractivity contribution in [1.29, 1.82) is 0 Å². The van der Waals surface area contributed by atoms with E-state index in [0.29, 0.717) is 26.1 Å². The van der Waals surface area contributed by atoms with E-state index in [-0.39, 0.29) is 17.2 Å². The van der Waals surface area contributed by atoms with Crippen LogP contribution in [0.4, 0.5) is 0 Å². The number of carbonyl (C=O) groups excluding carboxylic acids is 1. The first-order valence-electron chi connectivity index (χ1n) is 8.25. The number of hydrogen-bond acceptors (Lipinski definition) is 4. The van der Waals surface area contributed by atoms with Gasteiger partial charge >= 0.3 is 0 Å². The van der Waals surface area contributed by atoms with E-state index in [1.165, 1.54) is 16.8 Å². The first-order chi connectivity index (χ1) is 11.7. The molecule has 0 radical (unpaired) electrons. The fourth-order valence-electron chi connectivity index (χ4n) is 2.11. The summed E-state index contributed by atoms with van der Waals surface area (Å²) in [5, 5.41) is 6.91. The molecule has 0 aliphatic heterocycles. The van der Waals surface area contributed by atoms with Crippen LogP contribution < -0.4 is 15.6 Å². The number of hydrogen-bond donors (Lipinski definition) is 1. The van der Waals surface area contributed by atoms with E-state index in [0.717, 1.165) is 18.6 Å². The summed E-state index contributed by atoms with van der Waals surface area (Å²) in [6.07, 6.45) is 2.51. The molecule has 0 fully saturated rings. The van der Waals surface area contributed by atoms with E-state index in [2.05, 4.69) is 10.4 Å². The minimum absolute atomic E-state index is 0.184. The summed E-state index contributed by atoms with van der Waals surface area (Å²) in [5.74, 6) is 0.536. The maximum Gasteiger partial charge on any atom is 0.271 e. The van der Waals surface area contributed by atoms with E-state index >= 15 is 0 Å². The number of carbonyl (C=O) groups is 1. The number of ether oxygens (including phenoxy) is 1. The molecule has 24 heavy (non-hydrogen) atoms. The van der Waals surface area contributed by atoms with Gasteiger partial charge in [-0.3, -0.25) is 9.59 Å². The predicted molar refractivity (Wildman–Crippen MR) is 92.3 cm³/mol. The third-order valence-electron chi connectivity index (χ3n) is 3.44. The summed E-state index contributed by atoms with van der Waals surface area (Å²) in [7, 11) is 0. The van der Waals surface area contributed by atoms with Gasteiger partial charge in [-0.05, 0) is 31.0 Å². The van der Waals surface area contributed by atoms with Crippen molar-refractivity contribution in [2.45, 2.75) is 32.7 Å². The number of aromatic nitrogens is 2. The molecule has 2 rings (SSSR count). The van der Waals surface area contributed by atoms with Crippen LogP contribution in [0.2, 0.25) is 0 Å². The highest BCUT2D eigenvalue weighted by Gasteiger charge is 2.08. The number of benzene rings is 1. The SMILES string of the molecule is CCCCn1nc(C(=O)NCCCOc2ccccc2)ccc1=O. The maximum absolute atomic E-state index is 12.1. The quantitative estimate of drug-likeness (QED) is 0.716. The number of rotatable bonds is 9. The Bertz CT molecular complexity index is 698. The van der Waals surface area contributed by atoms with Crippen LogP contribution in [-0.2, 0) is 6.54 Å². The zero-order valence-corrected chi connectivity index (χ0v) is 13.9. The number of amides is 1. The van der Waals surface area contributed by atoms with Crippen molar-refractivity contribution >= 4 is 5.91 Å². The van der Waals surface area contributed by atoms with E-state index in [4.69, 9.17) is 4.74 Å². The highest BCUT2D eigenvalue weighted by atomic mass is 16.5. The zero-order valence-electron chi connectivity index (χ0n) is 13.9. The van der Waals surface area contributed by atoms with Crippen LogP contribution in [0.1, 0.15) is 36.7 Å². The lowest BCUT2D eigenvalue weighted by Gasteiger charge is -2.08. The lowest BCUT2D eigenvalue weighted by molar-refractivity contribution is 0.0944. The molecule has 0 atom stereocenters. The zero-order chi connectivity index (χ0) is 17.2. The van der Waals surface area contributed by atoms with Gasteiger partial charge < -0.3 is 10.1 Å². The molecule has 0 bridgehead atoms. The van der Waals surface area contributed by atoms with Crippen molar-refractivity contribution in [3.63, 3.8) is 0 Å². The molecular formula is C18H23N3O3. The molecule has 0 unspecified atom stereocenters. The standard InChI is InChI=1S/C18H23N3O3/c1-2-3-13-21-17(22)11-10-16(20-21)18(23)19-12-7-14-24-15-8-5-4-6-9-15/h4-6,8-11H,2-3,7,12-14H2,1H3,(H,19,23). The summed E-state index contributed by atoms with van der Waals surface area (Å²) < 4.78 is 6.90. The van der Waals surface area contributed by atoms with E-state index in [1.807, 2.05) is 37.3 Å². The van der Waals surface area contributed by atoms with E-state index in [9.17, 15) is 9.59 Å². The van der Waals surface area contributed by atoms with Crippen molar-refractivity contribution in [3.8, 4) is 5.75 Å². The fourth-order valence-corrected chi connectivity index (χ4v) is 2.11. The average Bonchev–Trinajstić information content (AvgIpc) is 2.61. The van der Waals surface area contributed by atoms with Crippen LogP contribution in [-0.4, -0.2) is 28.8 Å². The maximum atomic E-state index is 12.1. The van der Waals surface area contributed by atoms with E-state index < -0.39 is 0 Å². The molecule has 1 amide bonds. The fraction of sp³-hybridized carbons (Fsp3) is 0.389. The topological polar surface area (TPSA) is 73.2 Å². The Labute approximate surface area is 141 Å². The van der Waals surface area contributed by atoms with Crippen molar-refractivity contribution in [3.05, 3.63) is 58.5 Å². The van der Waals surface area contributed by atoms with Gasteiger partial charge in [0.1, 0.15) is 11.4 Å². The first-order valence-corrected chi connectivity index (χ1v) is 8.25. The molecule has 1 aromatic carbocycles. The van der Waals surface area contributed by atoms with Gasteiger partial charge in [0.15, 0.2) is 0 Å². The van der Waals surface area contributed by atoms with Crippen molar-refractivity contribution in [2.24, 2.45) is 0 Å². The second-order valence-corrected chi connectivity index (χ2v) is 5.40. The number of unbranched alkanes of at least 4 members (excludes halogenated alkanes) is 1. The molecule has 0 spiro atoms. The number of nitrogens with zero attached hydrogens (tertiary/aromatic N) is 2. The van der Waals surface area contributed by atoms with Crippen molar-refractivity contribution in [1.82, 2.24) is 15.1 Å². The van der Waals surface area contributed by atoms with E-state index in [1.54, 1.807) is 0 Å². The smallest absolute Gasteiger partial charge is 0.271 e. The Morgan fingerprint density at radius 1 is 1.17 bits per heavy atom. The molecule has 0 saturated carbocycles. The predicted octanol–water partition coefficient (Wildman–Crippen LogP) is 2.24. The van der Waals surface area contributed by atoms with Crippen LogP contribution in [0, 0.1) is 0 Å². The Kier molecular flexibility index (Phi) is 7.01. The molecule has 2 aromatic rings.